The third-order valence-electron chi connectivity index (χ3n) is 3.11. The molecule has 2 atom stereocenters. The Kier molecular flexibility index (Phi) is 5.37. The van der Waals surface area contributed by atoms with Gasteiger partial charge in [-0.2, -0.15) is 0 Å². The van der Waals surface area contributed by atoms with Gasteiger partial charge in [-0.15, -0.1) is 0 Å². The van der Waals surface area contributed by atoms with Gasteiger partial charge in [0.1, 0.15) is 0 Å². The number of allylic oxidation sites excluding steroid dienone is 5. The van der Waals surface area contributed by atoms with Crippen molar-refractivity contribution in [3.63, 3.8) is 0 Å². The van der Waals surface area contributed by atoms with Crippen LogP contribution in [0.3, 0.4) is 0 Å². The van der Waals surface area contributed by atoms with E-state index in [0.717, 1.165) is 5.92 Å². The van der Waals surface area contributed by atoms with Crippen molar-refractivity contribution in [3.8, 4) is 0 Å². The fourth-order valence-corrected chi connectivity index (χ4v) is 2.52. The van der Waals surface area contributed by atoms with Crippen molar-refractivity contribution >= 4 is 0 Å². The summed E-state index contributed by atoms with van der Waals surface area (Å²) >= 11 is 0. The molecule has 1 aliphatic rings. The number of hydrogen-bond donors (Lipinski definition) is 1. The Hall–Kier alpha value is -0.980. The first kappa shape index (κ1) is 13.1. The highest BCUT2D eigenvalue weighted by Gasteiger charge is 2.23. The highest BCUT2D eigenvalue weighted by Crippen LogP contribution is 2.30. The van der Waals surface area contributed by atoms with E-state index in [9.17, 15) is 0 Å². The summed E-state index contributed by atoms with van der Waals surface area (Å²) in [6, 6.07) is 0.594. The van der Waals surface area contributed by atoms with Crippen LogP contribution in [-0.2, 0) is 0 Å². The summed E-state index contributed by atoms with van der Waals surface area (Å²) in [6.45, 7) is 8.73. The molecule has 0 saturated heterocycles. The van der Waals surface area contributed by atoms with E-state index in [1.54, 1.807) is 0 Å². The fourth-order valence-electron chi connectivity index (χ4n) is 2.52. The standard InChI is InChI=1S/C15H25N/c1-5-8-13-11-12(4)16-15(10-7-3)14(13)9-6-2/h6-7,9-10,12-13,16H,5,8,11H2,1-4H3/b9-6+,10-7-. The third kappa shape index (κ3) is 3.26. The van der Waals surface area contributed by atoms with Crippen LogP contribution in [0.2, 0.25) is 0 Å². The van der Waals surface area contributed by atoms with E-state index in [1.165, 1.54) is 30.5 Å². The summed E-state index contributed by atoms with van der Waals surface area (Å²) in [5.41, 5.74) is 2.80. The average Bonchev–Trinajstić information content (AvgIpc) is 2.24. The molecule has 0 fully saturated rings. The lowest BCUT2D eigenvalue weighted by atomic mass is 9.84. The molecule has 0 aromatic rings. The molecule has 0 spiro atoms. The molecule has 16 heavy (non-hydrogen) atoms. The molecule has 90 valence electrons. The minimum absolute atomic E-state index is 0.594. The summed E-state index contributed by atoms with van der Waals surface area (Å²) in [4.78, 5) is 0. The maximum absolute atomic E-state index is 3.58. The maximum atomic E-state index is 3.58. The lowest BCUT2D eigenvalue weighted by molar-refractivity contribution is 0.411. The minimum Gasteiger partial charge on any atom is -0.382 e. The molecule has 0 aromatic carbocycles. The van der Waals surface area contributed by atoms with Gasteiger partial charge in [0.15, 0.2) is 0 Å². The fraction of sp³-hybridized carbons (Fsp3) is 0.600. The second-order valence-corrected chi connectivity index (χ2v) is 4.64. The van der Waals surface area contributed by atoms with Gasteiger partial charge in [-0.1, -0.05) is 31.6 Å². The van der Waals surface area contributed by atoms with Crippen LogP contribution in [0.4, 0.5) is 0 Å². The first-order valence-corrected chi connectivity index (χ1v) is 6.49. The van der Waals surface area contributed by atoms with Gasteiger partial charge in [0.25, 0.3) is 0 Å². The normalized spacial score (nSPS) is 26.8. The zero-order valence-corrected chi connectivity index (χ0v) is 11.1. The van der Waals surface area contributed by atoms with E-state index in [0.29, 0.717) is 6.04 Å². The minimum atomic E-state index is 0.594. The van der Waals surface area contributed by atoms with Crippen LogP contribution in [0.15, 0.2) is 35.6 Å². The molecule has 1 N–H and O–H groups in total. The molecule has 1 heteroatoms. The Balaban J connectivity index is 3.02. The molecule has 2 unspecified atom stereocenters. The lowest BCUT2D eigenvalue weighted by Gasteiger charge is -2.31. The predicted molar refractivity (Wildman–Crippen MR) is 72.3 cm³/mol. The van der Waals surface area contributed by atoms with Crippen LogP contribution >= 0.6 is 0 Å². The second-order valence-electron chi connectivity index (χ2n) is 4.64. The van der Waals surface area contributed by atoms with Crippen molar-refractivity contribution < 1.29 is 0 Å². The quantitative estimate of drug-likeness (QED) is 0.747. The Morgan fingerprint density at radius 2 is 1.94 bits per heavy atom. The number of rotatable bonds is 4. The zero-order valence-electron chi connectivity index (χ0n) is 11.1. The number of hydrogen-bond acceptors (Lipinski definition) is 1. The maximum Gasteiger partial charge on any atom is 0.0374 e. The van der Waals surface area contributed by atoms with Crippen molar-refractivity contribution in [2.24, 2.45) is 5.92 Å². The molecule has 1 rings (SSSR count). The summed E-state index contributed by atoms with van der Waals surface area (Å²) in [5.74, 6) is 0.726. The lowest BCUT2D eigenvalue weighted by Crippen LogP contribution is -2.34. The average molecular weight is 219 g/mol. The smallest absolute Gasteiger partial charge is 0.0374 e. The van der Waals surface area contributed by atoms with E-state index in [2.05, 4.69) is 57.3 Å². The first-order chi connectivity index (χ1) is 7.72. The van der Waals surface area contributed by atoms with Crippen LogP contribution in [0.1, 0.15) is 47.0 Å². The first-order valence-electron chi connectivity index (χ1n) is 6.49. The Morgan fingerprint density at radius 3 is 2.50 bits per heavy atom. The molecule has 0 amide bonds. The van der Waals surface area contributed by atoms with E-state index < -0.39 is 0 Å². The molecular weight excluding hydrogens is 194 g/mol. The van der Waals surface area contributed by atoms with Crippen LogP contribution in [0, 0.1) is 5.92 Å². The van der Waals surface area contributed by atoms with Crippen molar-refractivity contribution in [2.45, 2.75) is 53.0 Å². The summed E-state index contributed by atoms with van der Waals surface area (Å²) in [6.07, 6.45) is 12.6. The molecule has 1 aliphatic heterocycles. The summed E-state index contributed by atoms with van der Waals surface area (Å²) in [7, 11) is 0. The molecule has 0 bridgehead atoms. The molecule has 0 radical (unpaired) electrons. The van der Waals surface area contributed by atoms with Gasteiger partial charge in [0.05, 0.1) is 0 Å². The van der Waals surface area contributed by atoms with Crippen LogP contribution in [0.5, 0.6) is 0 Å². The van der Waals surface area contributed by atoms with Gasteiger partial charge in [0, 0.05) is 11.7 Å². The monoisotopic (exact) mass is 219 g/mol. The predicted octanol–water partition coefficient (Wildman–Crippen LogP) is 4.19. The van der Waals surface area contributed by atoms with Gasteiger partial charge in [0.2, 0.25) is 0 Å². The molecule has 0 aliphatic carbocycles. The molecular formula is C15H25N. The van der Waals surface area contributed by atoms with Gasteiger partial charge in [-0.05, 0) is 51.2 Å². The Bertz CT molecular complexity index is 297. The van der Waals surface area contributed by atoms with Gasteiger partial charge in [-0.3, -0.25) is 0 Å². The van der Waals surface area contributed by atoms with Crippen molar-refractivity contribution in [3.05, 3.63) is 35.6 Å². The third-order valence-corrected chi connectivity index (χ3v) is 3.11. The summed E-state index contributed by atoms with van der Waals surface area (Å²) < 4.78 is 0. The van der Waals surface area contributed by atoms with E-state index >= 15 is 0 Å². The topological polar surface area (TPSA) is 12.0 Å². The van der Waals surface area contributed by atoms with Crippen molar-refractivity contribution in [1.82, 2.24) is 5.32 Å². The van der Waals surface area contributed by atoms with E-state index in [-0.39, 0.29) is 0 Å². The molecule has 1 nitrogen and oxygen atoms in total. The van der Waals surface area contributed by atoms with Crippen molar-refractivity contribution in [1.29, 1.82) is 0 Å². The Morgan fingerprint density at radius 1 is 1.25 bits per heavy atom. The van der Waals surface area contributed by atoms with E-state index in [1.807, 2.05) is 0 Å². The highest BCUT2D eigenvalue weighted by atomic mass is 14.9. The number of nitrogens with one attached hydrogen (secondary N) is 1. The molecule has 1 heterocycles. The van der Waals surface area contributed by atoms with Gasteiger partial charge in [-0.25, -0.2) is 0 Å². The Labute approximate surface area is 100 Å². The molecule has 0 aromatic heterocycles. The highest BCUT2D eigenvalue weighted by molar-refractivity contribution is 5.36. The second kappa shape index (κ2) is 6.57. The largest absolute Gasteiger partial charge is 0.382 e. The molecule has 0 saturated carbocycles. The van der Waals surface area contributed by atoms with Crippen molar-refractivity contribution in [2.75, 3.05) is 0 Å². The van der Waals surface area contributed by atoms with Crippen LogP contribution < -0.4 is 5.32 Å². The zero-order chi connectivity index (χ0) is 12.0. The van der Waals surface area contributed by atoms with Crippen LogP contribution in [0.25, 0.3) is 0 Å². The van der Waals surface area contributed by atoms with Gasteiger partial charge >= 0.3 is 0 Å². The summed E-state index contributed by atoms with van der Waals surface area (Å²) in [5, 5.41) is 3.58. The SMILES string of the molecule is C/C=C\C1=C(/C=C/C)C(CCC)CC(C)N1. The van der Waals surface area contributed by atoms with Gasteiger partial charge < -0.3 is 5.32 Å². The van der Waals surface area contributed by atoms with Crippen LogP contribution in [-0.4, -0.2) is 6.04 Å². The van der Waals surface area contributed by atoms with E-state index in [4.69, 9.17) is 0 Å².